The van der Waals surface area contributed by atoms with E-state index in [2.05, 4.69) is 16.6 Å². The first-order valence-electron chi connectivity index (χ1n) is 6.62. The van der Waals surface area contributed by atoms with Gasteiger partial charge in [-0.15, -0.1) is 0 Å². The summed E-state index contributed by atoms with van der Waals surface area (Å²) in [4.78, 5) is 3.92. The van der Waals surface area contributed by atoms with Crippen molar-refractivity contribution in [1.29, 1.82) is 0 Å². The molecule has 19 heavy (non-hydrogen) atoms. The third kappa shape index (κ3) is 2.82. The van der Waals surface area contributed by atoms with E-state index in [4.69, 9.17) is 5.73 Å². The fourth-order valence-electron chi connectivity index (χ4n) is 2.76. The number of aromatic nitrogens is 2. The van der Waals surface area contributed by atoms with Gasteiger partial charge in [0.2, 0.25) is 0 Å². The number of aryl methyl sites for hydroxylation is 1. The minimum Gasteiger partial charge on any atom is -0.339 e. The van der Waals surface area contributed by atoms with Crippen LogP contribution in [0.15, 0.2) is 17.6 Å². The molecule has 2 atom stereocenters. The predicted octanol–water partition coefficient (Wildman–Crippen LogP) is 0.606. The van der Waals surface area contributed by atoms with E-state index >= 15 is 0 Å². The van der Waals surface area contributed by atoms with E-state index in [1.165, 1.54) is 12.5 Å². The zero-order chi connectivity index (χ0) is 14.1. The molecule has 0 spiro atoms. The monoisotopic (exact) mass is 286 g/mol. The highest BCUT2D eigenvalue weighted by atomic mass is 32.2. The Morgan fingerprint density at radius 2 is 2.32 bits per heavy atom. The molecule has 1 aliphatic rings. The zero-order valence-corrected chi connectivity index (χ0v) is 12.3. The van der Waals surface area contributed by atoms with Gasteiger partial charge in [0.25, 0.3) is 10.0 Å². The van der Waals surface area contributed by atoms with Gasteiger partial charge in [-0.25, -0.2) is 18.1 Å². The average molecular weight is 286 g/mol. The number of nitrogens with zero attached hydrogens (tertiary/aromatic N) is 2. The molecule has 0 aromatic carbocycles. The van der Waals surface area contributed by atoms with E-state index in [-0.39, 0.29) is 10.9 Å². The van der Waals surface area contributed by atoms with E-state index in [0.29, 0.717) is 6.54 Å². The van der Waals surface area contributed by atoms with E-state index in [1.54, 1.807) is 11.6 Å². The van der Waals surface area contributed by atoms with Crippen LogP contribution in [0.1, 0.15) is 32.6 Å². The Hall–Kier alpha value is -0.920. The second-order valence-corrected chi connectivity index (χ2v) is 7.12. The van der Waals surface area contributed by atoms with Gasteiger partial charge in [0, 0.05) is 25.3 Å². The fourth-order valence-corrected chi connectivity index (χ4v) is 4.27. The third-order valence-corrected chi connectivity index (χ3v) is 5.55. The lowest BCUT2D eigenvalue weighted by molar-refractivity contribution is 0.191. The maximum Gasteiger partial charge on any atom is 0.260 e. The van der Waals surface area contributed by atoms with Gasteiger partial charge < -0.3 is 10.3 Å². The molecule has 1 aromatic heterocycles. The second-order valence-electron chi connectivity index (χ2n) is 5.49. The SMILES string of the molecule is CC1CCCCC1(CN)NS(=O)(=O)c1cn(C)cn1. The number of hydrogen-bond donors (Lipinski definition) is 2. The lowest BCUT2D eigenvalue weighted by Gasteiger charge is -2.42. The highest BCUT2D eigenvalue weighted by Gasteiger charge is 2.41. The van der Waals surface area contributed by atoms with E-state index in [9.17, 15) is 8.42 Å². The van der Waals surface area contributed by atoms with Gasteiger partial charge >= 0.3 is 0 Å². The van der Waals surface area contributed by atoms with Crippen LogP contribution in [0.5, 0.6) is 0 Å². The van der Waals surface area contributed by atoms with Crippen molar-refractivity contribution in [3.63, 3.8) is 0 Å². The van der Waals surface area contributed by atoms with Gasteiger partial charge in [0.15, 0.2) is 5.03 Å². The molecule has 1 aliphatic carbocycles. The molecule has 0 radical (unpaired) electrons. The molecule has 1 heterocycles. The summed E-state index contributed by atoms with van der Waals surface area (Å²) >= 11 is 0. The van der Waals surface area contributed by atoms with Crippen LogP contribution in [0, 0.1) is 5.92 Å². The summed E-state index contributed by atoms with van der Waals surface area (Å²) in [5.74, 6) is 0.240. The number of imidazole rings is 1. The Balaban J connectivity index is 2.27. The molecule has 6 nitrogen and oxygen atoms in total. The minimum absolute atomic E-state index is 0.0561. The third-order valence-electron chi connectivity index (χ3n) is 4.11. The van der Waals surface area contributed by atoms with E-state index < -0.39 is 15.6 Å². The highest BCUT2D eigenvalue weighted by Crippen LogP contribution is 2.34. The van der Waals surface area contributed by atoms with Crippen LogP contribution in [0.2, 0.25) is 0 Å². The van der Waals surface area contributed by atoms with Gasteiger partial charge in [0.05, 0.1) is 6.33 Å². The summed E-state index contributed by atoms with van der Waals surface area (Å²) < 4.78 is 29.2. The molecule has 3 N–H and O–H groups in total. The van der Waals surface area contributed by atoms with Crippen molar-refractivity contribution in [2.45, 2.75) is 43.2 Å². The topological polar surface area (TPSA) is 90.0 Å². The number of rotatable bonds is 4. The smallest absolute Gasteiger partial charge is 0.260 e. The zero-order valence-electron chi connectivity index (χ0n) is 11.5. The number of nitrogens with two attached hydrogens (primary N) is 1. The van der Waals surface area contributed by atoms with Crippen LogP contribution in [0.25, 0.3) is 0 Å². The molecule has 0 amide bonds. The van der Waals surface area contributed by atoms with Crippen LogP contribution in [0.3, 0.4) is 0 Å². The molecule has 0 saturated heterocycles. The number of hydrogen-bond acceptors (Lipinski definition) is 4. The van der Waals surface area contributed by atoms with Gasteiger partial charge in [0.1, 0.15) is 0 Å². The maximum absolute atomic E-state index is 12.4. The van der Waals surface area contributed by atoms with E-state index in [0.717, 1.165) is 25.7 Å². The Bertz CT molecular complexity index is 540. The first-order valence-corrected chi connectivity index (χ1v) is 8.10. The van der Waals surface area contributed by atoms with E-state index in [1.807, 2.05) is 0 Å². The first-order chi connectivity index (χ1) is 8.89. The van der Waals surface area contributed by atoms with Crippen molar-refractivity contribution in [3.8, 4) is 0 Å². The second kappa shape index (κ2) is 5.22. The van der Waals surface area contributed by atoms with Crippen LogP contribution in [-0.2, 0) is 17.1 Å². The molecule has 7 heteroatoms. The standard InChI is InChI=1S/C12H22N4O2S/c1-10-5-3-4-6-12(10,8-13)15-19(17,18)11-7-16(2)9-14-11/h7,9-10,15H,3-6,8,13H2,1-2H3. The van der Waals surface area contributed by atoms with Gasteiger partial charge in [-0.3, -0.25) is 0 Å². The summed E-state index contributed by atoms with van der Waals surface area (Å²) in [5.41, 5.74) is 5.33. The minimum atomic E-state index is -3.60. The van der Waals surface area contributed by atoms with Crippen molar-refractivity contribution in [2.75, 3.05) is 6.54 Å². The maximum atomic E-state index is 12.4. The molecule has 1 fully saturated rings. The summed E-state index contributed by atoms with van der Waals surface area (Å²) in [6, 6.07) is 0. The summed E-state index contributed by atoms with van der Waals surface area (Å²) in [6.45, 7) is 2.38. The number of sulfonamides is 1. The Kier molecular flexibility index (Phi) is 3.98. The summed E-state index contributed by atoms with van der Waals surface area (Å²) in [5, 5.41) is 0.0561. The molecule has 1 aromatic rings. The average Bonchev–Trinajstić information content (AvgIpc) is 2.80. The molecule has 0 aliphatic heterocycles. The lowest BCUT2D eigenvalue weighted by Crippen LogP contribution is -2.59. The van der Waals surface area contributed by atoms with Crippen LogP contribution in [0.4, 0.5) is 0 Å². The molecule has 108 valence electrons. The van der Waals surface area contributed by atoms with Crippen molar-refractivity contribution in [1.82, 2.24) is 14.3 Å². The van der Waals surface area contributed by atoms with Gasteiger partial charge in [-0.05, 0) is 18.8 Å². The molecule has 2 rings (SSSR count). The van der Waals surface area contributed by atoms with Gasteiger partial charge in [-0.2, -0.15) is 0 Å². The predicted molar refractivity (Wildman–Crippen MR) is 72.9 cm³/mol. The highest BCUT2D eigenvalue weighted by molar-refractivity contribution is 7.89. The van der Waals surface area contributed by atoms with Crippen molar-refractivity contribution < 1.29 is 8.42 Å². The van der Waals surface area contributed by atoms with Crippen molar-refractivity contribution in [2.24, 2.45) is 18.7 Å². The lowest BCUT2D eigenvalue weighted by atomic mass is 9.74. The van der Waals surface area contributed by atoms with Crippen LogP contribution < -0.4 is 10.5 Å². The van der Waals surface area contributed by atoms with Crippen molar-refractivity contribution >= 4 is 10.0 Å². The molecular weight excluding hydrogens is 264 g/mol. The van der Waals surface area contributed by atoms with Crippen molar-refractivity contribution in [3.05, 3.63) is 12.5 Å². The molecule has 2 unspecified atom stereocenters. The first kappa shape index (κ1) is 14.5. The van der Waals surface area contributed by atoms with Gasteiger partial charge in [-0.1, -0.05) is 19.8 Å². The Morgan fingerprint density at radius 1 is 1.58 bits per heavy atom. The van der Waals surface area contributed by atoms with Crippen LogP contribution >= 0.6 is 0 Å². The quantitative estimate of drug-likeness (QED) is 0.848. The molecule has 1 saturated carbocycles. The Morgan fingerprint density at radius 3 is 2.84 bits per heavy atom. The molecular formula is C12H22N4O2S. The molecule has 0 bridgehead atoms. The number of nitrogens with one attached hydrogen (secondary N) is 1. The summed E-state index contributed by atoms with van der Waals surface area (Å²) in [7, 11) is -1.86. The summed E-state index contributed by atoms with van der Waals surface area (Å²) in [6.07, 6.45) is 6.91. The Labute approximate surface area is 114 Å². The largest absolute Gasteiger partial charge is 0.339 e. The normalized spacial score (nSPS) is 28.5. The fraction of sp³-hybridized carbons (Fsp3) is 0.750. The van der Waals surface area contributed by atoms with Crippen LogP contribution in [-0.4, -0.2) is 30.1 Å².